The monoisotopic (exact) mass is 350 g/mol. The van der Waals surface area contributed by atoms with Gasteiger partial charge in [-0.1, -0.05) is 0 Å². The molecule has 7 heteroatoms. The molecule has 0 aromatic heterocycles. The highest BCUT2D eigenvalue weighted by Gasteiger charge is 2.49. The van der Waals surface area contributed by atoms with Crippen LogP contribution in [0.1, 0.15) is 44.9 Å². The highest BCUT2D eigenvalue weighted by molar-refractivity contribution is 7.91. The molecule has 4 unspecified atom stereocenters. The van der Waals surface area contributed by atoms with E-state index in [1.807, 2.05) is 0 Å². The number of sulfone groups is 1. The Bertz CT molecular complexity index is 515. The van der Waals surface area contributed by atoms with Crippen LogP contribution >= 0.6 is 12.4 Å². The standard InChI is InChI=1S/C15H26N2O3S.ClH/c1-21(19,20)12-6-4-11(5-7-12)17-15(18)13-9-2-3-10(8-9)14(13)16;/h9-14H,2-8,16H2,1H3,(H,17,18);1H. The molecule has 0 aromatic rings. The second kappa shape index (κ2) is 6.65. The molecule has 3 N–H and O–H groups in total. The fourth-order valence-electron chi connectivity index (χ4n) is 4.66. The molecule has 4 atom stereocenters. The van der Waals surface area contributed by atoms with Crippen molar-refractivity contribution in [2.45, 2.75) is 62.3 Å². The lowest BCUT2D eigenvalue weighted by molar-refractivity contribution is -0.128. The van der Waals surface area contributed by atoms with E-state index in [2.05, 4.69) is 5.32 Å². The molecule has 128 valence electrons. The summed E-state index contributed by atoms with van der Waals surface area (Å²) in [6.07, 6.45) is 7.58. The van der Waals surface area contributed by atoms with E-state index in [1.54, 1.807) is 0 Å². The van der Waals surface area contributed by atoms with Gasteiger partial charge in [0.2, 0.25) is 5.91 Å². The van der Waals surface area contributed by atoms with Crippen LogP contribution in [0.3, 0.4) is 0 Å². The van der Waals surface area contributed by atoms with Crippen LogP contribution in [0.15, 0.2) is 0 Å². The summed E-state index contributed by atoms with van der Waals surface area (Å²) in [6, 6.07) is 0.151. The minimum atomic E-state index is -2.94. The van der Waals surface area contributed by atoms with E-state index >= 15 is 0 Å². The van der Waals surface area contributed by atoms with Crippen molar-refractivity contribution in [3.63, 3.8) is 0 Å². The molecule has 0 saturated heterocycles. The molecule has 3 rings (SSSR count). The predicted molar refractivity (Wildman–Crippen MR) is 88.6 cm³/mol. The Morgan fingerprint density at radius 1 is 1.05 bits per heavy atom. The third-order valence-corrected chi connectivity index (χ3v) is 7.59. The summed E-state index contributed by atoms with van der Waals surface area (Å²) in [6.45, 7) is 0. The molecule has 3 saturated carbocycles. The predicted octanol–water partition coefficient (Wildman–Crippen LogP) is 1.25. The molecular weight excluding hydrogens is 324 g/mol. The van der Waals surface area contributed by atoms with E-state index in [-0.39, 0.29) is 41.6 Å². The van der Waals surface area contributed by atoms with Crippen molar-refractivity contribution in [1.82, 2.24) is 5.32 Å². The first-order chi connectivity index (χ1) is 9.86. The van der Waals surface area contributed by atoms with Gasteiger partial charge in [0.15, 0.2) is 0 Å². The Morgan fingerprint density at radius 3 is 2.14 bits per heavy atom. The van der Waals surface area contributed by atoms with Gasteiger partial charge in [-0.3, -0.25) is 4.79 Å². The molecule has 2 bridgehead atoms. The Balaban J connectivity index is 0.00000176. The number of amides is 1. The van der Waals surface area contributed by atoms with E-state index in [0.717, 1.165) is 25.7 Å². The number of nitrogens with two attached hydrogens (primary N) is 1. The maximum Gasteiger partial charge on any atom is 0.225 e. The first kappa shape index (κ1) is 18.0. The number of rotatable bonds is 3. The molecular formula is C15H27ClN2O3S. The fraction of sp³-hybridized carbons (Fsp3) is 0.933. The second-order valence-corrected chi connectivity index (χ2v) is 9.57. The van der Waals surface area contributed by atoms with Gasteiger partial charge in [-0.2, -0.15) is 0 Å². The lowest BCUT2D eigenvalue weighted by Crippen LogP contribution is -2.49. The summed E-state index contributed by atoms with van der Waals surface area (Å²) in [7, 11) is -2.94. The first-order valence-corrected chi connectivity index (χ1v) is 10.1. The summed E-state index contributed by atoms with van der Waals surface area (Å²) < 4.78 is 23.1. The Kier molecular flexibility index (Phi) is 5.45. The zero-order chi connectivity index (χ0) is 15.2. The zero-order valence-electron chi connectivity index (χ0n) is 13.0. The molecule has 0 aromatic carbocycles. The maximum atomic E-state index is 12.5. The molecule has 5 nitrogen and oxygen atoms in total. The van der Waals surface area contributed by atoms with Crippen LogP contribution in [0.4, 0.5) is 0 Å². The summed E-state index contributed by atoms with van der Waals surface area (Å²) in [4.78, 5) is 12.5. The van der Waals surface area contributed by atoms with E-state index in [1.165, 1.54) is 12.7 Å². The Hall–Kier alpha value is -0.330. The maximum absolute atomic E-state index is 12.5. The molecule has 1 amide bonds. The van der Waals surface area contributed by atoms with Crippen LogP contribution < -0.4 is 11.1 Å². The summed E-state index contributed by atoms with van der Waals surface area (Å²) >= 11 is 0. The summed E-state index contributed by atoms with van der Waals surface area (Å²) in [5.74, 6) is 1.10. The van der Waals surface area contributed by atoms with Crippen molar-refractivity contribution in [3.8, 4) is 0 Å². The molecule has 3 fully saturated rings. The summed E-state index contributed by atoms with van der Waals surface area (Å²) in [5.41, 5.74) is 6.21. The van der Waals surface area contributed by atoms with Gasteiger partial charge < -0.3 is 11.1 Å². The quantitative estimate of drug-likeness (QED) is 0.801. The smallest absolute Gasteiger partial charge is 0.225 e. The van der Waals surface area contributed by atoms with Crippen molar-refractivity contribution < 1.29 is 13.2 Å². The van der Waals surface area contributed by atoms with Crippen LogP contribution in [0.2, 0.25) is 0 Å². The molecule has 0 radical (unpaired) electrons. The Labute approximate surface area is 139 Å². The zero-order valence-corrected chi connectivity index (χ0v) is 14.7. The van der Waals surface area contributed by atoms with Crippen molar-refractivity contribution in [3.05, 3.63) is 0 Å². The second-order valence-electron chi connectivity index (χ2n) is 7.25. The van der Waals surface area contributed by atoms with Crippen molar-refractivity contribution >= 4 is 28.2 Å². The number of fused-ring (bicyclic) bond motifs is 2. The number of carbonyl (C=O) groups excluding carboxylic acids is 1. The largest absolute Gasteiger partial charge is 0.353 e. The van der Waals surface area contributed by atoms with Gasteiger partial charge in [0.1, 0.15) is 9.84 Å². The minimum Gasteiger partial charge on any atom is -0.353 e. The third-order valence-electron chi connectivity index (χ3n) is 5.91. The van der Waals surface area contributed by atoms with Crippen molar-refractivity contribution in [1.29, 1.82) is 0 Å². The van der Waals surface area contributed by atoms with Crippen molar-refractivity contribution in [2.75, 3.05) is 6.26 Å². The molecule has 3 aliphatic carbocycles. The highest BCUT2D eigenvalue weighted by Crippen LogP contribution is 2.47. The van der Waals surface area contributed by atoms with E-state index in [9.17, 15) is 13.2 Å². The van der Waals surface area contributed by atoms with Gasteiger partial charge in [-0.15, -0.1) is 12.4 Å². The average molecular weight is 351 g/mol. The number of hydrogen-bond donors (Lipinski definition) is 2. The average Bonchev–Trinajstić information content (AvgIpc) is 2.98. The minimum absolute atomic E-state index is 0. The van der Waals surface area contributed by atoms with E-state index in [4.69, 9.17) is 5.73 Å². The number of hydrogen-bond acceptors (Lipinski definition) is 4. The Morgan fingerprint density at radius 2 is 1.64 bits per heavy atom. The molecule has 22 heavy (non-hydrogen) atoms. The van der Waals surface area contributed by atoms with Crippen LogP contribution in [0.25, 0.3) is 0 Å². The first-order valence-electron chi connectivity index (χ1n) is 8.11. The van der Waals surface area contributed by atoms with E-state index in [0.29, 0.717) is 24.7 Å². The highest BCUT2D eigenvalue weighted by atomic mass is 35.5. The topological polar surface area (TPSA) is 89.3 Å². The van der Waals surface area contributed by atoms with Gasteiger partial charge in [0, 0.05) is 18.3 Å². The van der Waals surface area contributed by atoms with Crippen molar-refractivity contribution in [2.24, 2.45) is 23.5 Å². The lowest BCUT2D eigenvalue weighted by atomic mass is 9.83. The van der Waals surface area contributed by atoms with Crippen LogP contribution in [0, 0.1) is 17.8 Å². The molecule has 0 heterocycles. The van der Waals surface area contributed by atoms with Gasteiger partial charge in [0.05, 0.1) is 11.2 Å². The van der Waals surface area contributed by atoms with Crippen LogP contribution in [-0.2, 0) is 14.6 Å². The fourth-order valence-corrected chi connectivity index (χ4v) is 5.79. The molecule has 0 aliphatic heterocycles. The lowest BCUT2D eigenvalue weighted by Gasteiger charge is -2.32. The van der Waals surface area contributed by atoms with E-state index < -0.39 is 9.84 Å². The van der Waals surface area contributed by atoms with Gasteiger partial charge >= 0.3 is 0 Å². The van der Waals surface area contributed by atoms with Gasteiger partial charge in [-0.05, 0) is 56.8 Å². The SMILES string of the molecule is CS(=O)(=O)C1CCC(NC(=O)C2C3CCC(C3)C2N)CC1.Cl. The molecule has 0 spiro atoms. The number of halogens is 1. The summed E-state index contributed by atoms with van der Waals surface area (Å²) in [5, 5.41) is 2.91. The third kappa shape index (κ3) is 3.44. The van der Waals surface area contributed by atoms with Gasteiger partial charge in [0.25, 0.3) is 0 Å². The van der Waals surface area contributed by atoms with Crippen LogP contribution in [0.5, 0.6) is 0 Å². The number of nitrogens with one attached hydrogen (secondary N) is 1. The van der Waals surface area contributed by atoms with Crippen LogP contribution in [-0.4, -0.2) is 37.9 Å². The van der Waals surface area contributed by atoms with Gasteiger partial charge in [-0.25, -0.2) is 8.42 Å². The number of carbonyl (C=O) groups is 1. The molecule has 3 aliphatic rings. The normalized spacial score (nSPS) is 41.0.